The molecular weight excluding hydrogens is 288 g/mol. The maximum absolute atomic E-state index is 12.0. The van der Waals surface area contributed by atoms with Gasteiger partial charge in [0, 0.05) is 6.42 Å². The normalized spacial score (nSPS) is 11.0. The van der Waals surface area contributed by atoms with Gasteiger partial charge in [-0.3, -0.25) is 9.59 Å². The molecule has 23 heavy (non-hydrogen) atoms. The smallest absolute Gasteiger partial charge is 0.316 e. The van der Waals surface area contributed by atoms with Crippen LogP contribution in [0.2, 0.25) is 0 Å². The molecule has 0 aromatic carbocycles. The largest absolute Gasteiger partial charge is 0.393 e. The second-order valence-electron chi connectivity index (χ2n) is 6.65. The van der Waals surface area contributed by atoms with E-state index in [1.54, 1.807) is 0 Å². The molecule has 0 heterocycles. The quantitative estimate of drug-likeness (QED) is 0.204. The first-order valence-electron chi connectivity index (χ1n) is 9.90. The average molecular weight is 327 g/mol. The highest BCUT2D eigenvalue weighted by atomic mass is 16.6. The van der Waals surface area contributed by atoms with Crippen LogP contribution < -0.4 is 0 Å². The SMILES string of the molecule is CCCCCCCCCCCC(=O)OC(=O)C(CCC)CCC. The van der Waals surface area contributed by atoms with Crippen LogP contribution in [-0.4, -0.2) is 11.9 Å². The second-order valence-corrected chi connectivity index (χ2v) is 6.65. The summed E-state index contributed by atoms with van der Waals surface area (Å²) in [7, 11) is 0. The lowest BCUT2D eigenvalue weighted by atomic mass is 9.99. The summed E-state index contributed by atoms with van der Waals surface area (Å²) in [5, 5.41) is 0. The Hall–Kier alpha value is -0.860. The van der Waals surface area contributed by atoms with Crippen LogP contribution in [0.25, 0.3) is 0 Å². The third-order valence-corrected chi connectivity index (χ3v) is 4.31. The Bertz CT molecular complexity index is 293. The summed E-state index contributed by atoms with van der Waals surface area (Å²) in [5.41, 5.74) is 0. The Labute approximate surface area is 143 Å². The van der Waals surface area contributed by atoms with Crippen LogP contribution in [-0.2, 0) is 14.3 Å². The van der Waals surface area contributed by atoms with Gasteiger partial charge in [0.1, 0.15) is 0 Å². The summed E-state index contributed by atoms with van der Waals surface area (Å²) < 4.78 is 5.01. The van der Waals surface area contributed by atoms with Gasteiger partial charge in [0.05, 0.1) is 5.92 Å². The van der Waals surface area contributed by atoms with Gasteiger partial charge < -0.3 is 4.74 Å². The molecule has 0 aliphatic heterocycles. The van der Waals surface area contributed by atoms with Crippen molar-refractivity contribution in [3.63, 3.8) is 0 Å². The van der Waals surface area contributed by atoms with E-state index in [1.165, 1.54) is 44.9 Å². The molecule has 0 saturated carbocycles. The Morgan fingerprint density at radius 1 is 0.696 bits per heavy atom. The molecule has 0 aromatic rings. The predicted molar refractivity (Wildman–Crippen MR) is 96.2 cm³/mol. The summed E-state index contributed by atoms with van der Waals surface area (Å²) in [4.78, 5) is 23.7. The van der Waals surface area contributed by atoms with Crippen LogP contribution in [0.5, 0.6) is 0 Å². The summed E-state index contributed by atoms with van der Waals surface area (Å²) in [5.74, 6) is -0.748. The highest BCUT2D eigenvalue weighted by molar-refractivity contribution is 5.86. The van der Waals surface area contributed by atoms with Crippen molar-refractivity contribution in [3.05, 3.63) is 0 Å². The topological polar surface area (TPSA) is 43.4 Å². The summed E-state index contributed by atoms with van der Waals surface area (Å²) in [6, 6.07) is 0. The molecule has 0 amide bonds. The molecule has 0 N–H and O–H groups in total. The van der Waals surface area contributed by atoms with Gasteiger partial charge in [-0.15, -0.1) is 0 Å². The van der Waals surface area contributed by atoms with Gasteiger partial charge in [-0.05, 0) is 19.3 Å². The zero-order valence-electron chi connectivity index (χ0n) is 15.7. The van der Waals surface area contributed by atoms with E-state index in [9.17, 15) is 9.59 Å². The zero-order chi connectivity index (χ0) is 17.3. The van der Waals surface area contributed by atoms with Crippen molar-refractivity contribution in [3.8, 4) is 0 Å². The van der Waals surface area contributed by atoms with Crippen molar-refractivity contribution < 1.29 is 14.3 Å². The fourth-order valence-corrected chi connectivity index (χ4v) is 2.90. The van der Waals surface area contributed by atoms with E-state index < -0.39 is 0 Å². The lowest BCUT2D eigenvalue weighted by Crippen LogP contribution is -2.21. The number of hydrogen-bond donors (Lipinski definition) is 0. The van der Waals surface area contributed by atoms with Crippen molar-refractivity contribution in [2.45, 2.75) is 111 Å². The van der Waals surface area contributed by atoms with Crippen molar-refractivity contribution in [2.75, 3.05) is 0 Å². The zero-order valence-corrected chi connectivity index (χ0v) is 15.7. The van der Waals surface area contributed by atoms with Gasteiger partial charge in [-0.2, -0.15) is 0 Å². The maximum atomic E-state index is 12.0. The van der Waals surface area contributed by atoms with Crippen LogP contribution in [0.1, 0.15) is 111 Å². The second kappa shape index (κ2) is 16.0. The summed E-state index contributed by atoms with van der Waals surface area (Å²) in [6.45, 7) is 6.34. The molecule has 0 radical (unpaired) electrons. The van der Waals surface area contributed by atoms with E-state index in [-0.39, 0.29) is 17.9 Å². The first-order valence-corrected chi connectivity index (χ1v) is 9.90. The van der Waals surface area contributed by atoms with Gasteiger partial charge in [-0.1, -0.05) is 85.0 Å². The lowest BCUT2D eigenvalue weighted by Gasteiger charge is -2.13. The minimum absolute atomic E-state index is 0.0999. The Morgan fingerprint density at radius 3 is 1.65 bits per heavy atom. The van der Waals surface area contributed by atoms with Crippen LogP contribution in [0, 0.1) is 5.92 Å². The van der Waals surface area contributed by atoms with E-state index in [1.807, 2.05) is 0 Å². The van der Waals surface area contributed by atoms with Crippen LogP contribution in [0.15, 0.2) is 0 Å². The Morgan fingerprint density at radius 2 is 1.17 bits per heavy atom. The number of esters is 2. The molecule has 0 aliphatic carbocycles. The molecule has 3 nitrogen and oxygen atoms in total. The molecule has 0 fully saturated rings. The number of carbonyl (C=O) groups excluding carboxylic acids is 2. The highest BCUT2D eigenvalue weighted by Crippen LogP contribution is 2.16. The van der Waals surface area contributed by atoms with Gasteiger partial charge in [0.15, 0.2) is 0 Å². The molecule has 0 atom stereocenters. The van der Waals surface area contributed by atoms with Crippen molar-refractivity contribution in [1.82, 2.24) is 0 Å². The van der Waals surface area contributed by atoms with E-state index >= 15 is 0 Å². The van der Waals surface area contributed by atoms with E-state index in [0.29, 0.717) is 6.42 Å². The Kier molecular flexibility index (Phi) is 15.4. The molecule has 136 valence electrons. The van der Waals surface area contributed by atoms with Gasteiger partial charge in [-0.25, -0.2) is 0 Å². The first-order chi connectivity index (χ1) is 11.2. The van der Waals surface area contributed by atoms with E-state index in [0.717, 1.165) is 38.5 Å². The Balaban J connectivity index is 3.64. The van der Waals surface area contributed by atoms with Crippen molar-refractivity contribution in [1.29, 1.82) is 0 Å². The summed E-state index contributed by atoms with van der Waals surface area (Å²) in [6.07, 6.45) is 14.9. The number of hydrogen-bond acceptors (Lipinski definition) is 3. The molecule has 0 rings (SSSR count). The summed E-state index contributed by atoms with van der Waals surface area (Å²) >= 11 is 0. The molecule has 0 spiro atoms. The standard InChI is InChI=1S/C20H38O3/c1-4-7-8-9-10-11-12-13-14-17-19(21)23-20(22)18(15-5-2)16-6-3/h18H,4-17H2,1-3H3. The first kappa shape index (κ1) is 22.1. The average Bonchev–Trinajstić information content (AvgIpc) is 2.53. The van der Waals surface area contributed by atoms with Crippen LogP contribution in [0.4, 0.5) is 0 Å². The highest BCUT2D eigenvalue weighted by Gasteiger charge is 2.20. The molecule has 0 bridgehead atoms. The minimum atomic E-state index is -0.338. The van der Waals surface area contributed by atoms with E-state index in [2.05, 4.69) is 20.8 Å². The fourth-order valence-electron chi connectivity index (χ4n) is 2.90. The van der Waals surface area contributed by atoms with Gasteiger partial charge >= 0.3 is 11.9 Å². The van der Waals surface area contributed by atoms with Crippen molar-refractivity contribution >= 4 is 11.9 Å². The van der Waals surface area contributed by atoms with Gasteiger partial charge in [0.25, 0.3) is 0 Å². The molecular formula is C20H38O3. The molecule has 0 aromatic heterocycles. The molecule has 0 aliphatic rings. The van der Waals surface area contributed by atoms with Crippen molar-refractivity contribution in [2.24, 2.45) is 5.92 Å². The third kappa shape index (κ3) is 13.3. The van der Waals surface area contributed by atoms with Crippen LogP contribution >= 0.6 is 0 Å². The maximum Gasteiger partial charge on any atom is 0.316 e. The monoisotopic (exact) mass is 326 g/mol. The molecule has 3 heteroatoms. The number of unbranched alkanes of at least 4 members (excludes halogenated alkanes) is 8. The lowest BCUT2D eigenvalue weighted by molar-refractivity contribution is -0.163. The minimum Gasteiger partial charge on any atom is -0.393 e. The van der Waals surface area contributed by atoms with E-state index in [4.69, 9.17) is 4.74 Å². The molecule has 0 unspecified atom stereocenters. The third-order valence-electron chi connectivity index (χ3n) is 4.31. The number of ether oxygens (including phenoxy) is 1. The predicted octanol–water partition coefficient (Wildman–Crippen LogP) is 6.19. The number of rotatable bonds is 15. The fraction of sp³-hybridized carbons (Fsp3) is 0.900. The van der Waals surface area contributed by atoms with Gasteiger partial charge in [0.2, 0.25) is 0 Å². The molecule has 0 saturated heterocycles. The van der Waals surface area contributed by atoms with Crippen LogP contribution in [0.3, 0.4) is 0 Å². The number of carbonyl (C=O) groups is 2.